The van der Waals surface area contributed by atoms with Crippen LogP contribution in [0.25, 0.3) is 0 Å². The van der Waals surface area contributed by atoms with Crippen molar-refractivity contribution < 1.29 is 9.18 Å². The number of benzene rings is 1. The van der Waals surface area contributed by atoms with Crippen molar-refractivity contribution in [3.05, 3.63) is 59.7 Å². The number of hydrogen-bond acceptors (Lipinski definition) is 3. The molecule has 1 aliphatic rings. The Balaban J connectivity index is 1.67. The first-order valence-corrected chi connectivity index (χ1v) is 8.46. The number of hydrogen-bond donors (Lipinski definition) is 1. The van der Waals surface area contributed by atoms with Gasteiger partial charge < -0.3 is 10.2 Å². The second-order valence-electron chi connectivity index (χ2n) is 6.08. The van der Waals surface area contributed by atoms with Gasteiger partial charge in [0.1, 0.15) is 11.5 Å². The molecule has 126 valence electrons. The maximum Gasteiger partial charge on any atom is 0.272 e. The lowest BCUT2D eigenvalue weighted by Gasteiger charge is -2.20. The summed E-state index contributed by atoms with van der Waals surface area (Å²) in [6, 6.07) is 10.2. The van der Waals surface area contributed by atoms with Crippen LogP contribution in [0.4, 0.5) is 10.1 Å². The molecule has 0 aliphatic carbocycles. The molecule has 0 atom stereocenters. The minimum atomic E-state index is -0.236. The van der Waals surface area contributed by atoms with Gasteiger partial charge in [0.15, 0.2) is 0 Å². The second-order valence-corrected chi connectivity index (χ2v) is 6.08. The van der Waals surface area contributed by atoms with Crippen LogP contribution in [-0.2, 0) is 6.54 Å². The summed E-state index contributed by atoms with van der Waals surface area (Å²) in [4.78, 5) is 18.7. The number of aromatic nitrogens is 1. The van der Waals surface area contributed by atoms with Gasteiger partial charge in [0.05, 0.1) is 0 Å². The number of halogens is 1. The van der Waals surface area contributed by atoms with Gasteiger partial charge in [-0.15, -0.1) is 0 Å². The van der Waals surface area contributed by atoms with E-state index in [-0.39, 0.29) is 11.7 Å². The van der Waals surface area contributed by atoms with Crippen molar-refractivity contribution in [3.8, 4) is 0 Å². The van der Waals surface area contributed by atoms with E-state index in [9.17, 15) is 9.18 Å². The van der Waals surface area contributed by atoms with Crippen molar-refractivity contribution in [2.24, 2.45) is 0 Å². The van der Waals surface area contributed by atoms with Crippen LogP contribution in [0.2, 0.25) is 0 Å². The molecule has 1 N–H and O–H groups in total. The van der Waals surface area contributed by atoms with Crippen molar-refractivity contribution in [1.29, 1.82) is 0 Å². The summed E-state index contributed by atoms with van der Waals surface area (Å²) in [5.41, 5.74) is 1.80. The lowest BCUT2D eigenvalue weighted by atomic mass is 10.2. The maximum absolute atomic E-state index is 13.7. The molecular weight excluding hydrogens is 305 g/mol. The highest BCUT2D eigenvalue weighted by Gasteiger charge is 2.18. The van der Waals surface area contributed by atoms with Crippen molar-refractivity contribution in [1.82, 2.24) is 9.88 Å². The lowest BCUT2D eigenvalue weighted by Crippen LogP contribution is -2.32. The quantitative estimate of drug-likeness (QED) is 0.928. The Kier molecular flexibility index (Phi) is 5.41. The van der Waals surface area contributed by atoms with Crippen LogP contribution in [-0.4, -0.2) is 28.9 Å². The minimum Gasteiger partial charge on any atom is -0.381 e. The molecule has 1 aromatic carbocycles. The summed E-state index contributed by atoms with van der Waals surface area (Å²) >= 11 is 0. The Hall–Kier alpha value is -2.43. The summed E-state index contributed by atoms with van der Waals surface area (Å²) in [5, 5.41) is 3.16. The fourth-order valence-corrected chi connectivity index (χ4v) is 2.93. The topological polar surface area (TPSA) is 45.2 Å². The normalized spacial score (nSPS) is 15.0. The SMILES string of the molecule is O=C(c1cc(NCc2ccccc2F)ccn1)N1CCCCCC1. The third-order valence-corrected chi connectivity index (χ3v) is 4.31. The number of rotatable bonds is 4. The van der Waals surface area contributed by atoms with Crippen LogP contribution >= 0.6 is 0 Å². The second kappa shape index (κ2) is 7.90. The highest BCUT2D eigenvalue weighted by Crippen LogP contribution is 2.16. The van der Waals surface area contributed by atoms with Crippen molar-refractivity contribution in [2.75, 3.05) is 18.4 Å². The van der Waals surface area contributed by atoms with Gasteiger partial charge in [0, 0.05) is 37.1 Å². The predicted octanol–water partition coefficient (Wildman–Crippen LogP) is 3.85. The molecule has 1 saturated heterocycles. The number of carbonyl (C=O) groups is 1. The Bertz CT molecular complexity index is 697. The van der Waals surface area contributed by atoms with Crippen molar-refractivity contribution in [2.45, 2.75) is 32.2 Å². The molecule has 5 heteroatoms. The Morgan fingerprint density at radius 2 is 1.88 bits per heavy atom. The molecule has 0 unspecified atom stereocenters. The zero-order chi connectivity index (χ0) is 16.8. The molecule has 2 heterocycles. The van der Waals surface area contributed by atoms with Crippen LogP contribution in [0.5, 0.6) is 0 Å². The van der Waals surface area contributed by atoms with Gasteiger partial charge in [0.25, 0.3) is 5.91 Å². The predicted molar refractivity (Wildman–Crippen MR) is 92.3 cm³/mol. The summed E-state index contributed by atoms with van der Waals surface area (Å²) in [6.07, 6.45) is 6.09. The first-order valence-electron chi connectivity index (χ1n) is 8.46. The largest absolute Gasteiger partial charge is 0.381 e. The molecular formula is C19H22FN3O. The molecule has 0 radical (unpaired) electrons. The van der Waals surface area contributed by atoms with Crippen molar-refractivity contribution in [3.63, 3.8) is 0 Å². The van der Waals surface area contributed by atoms with Crippen LogP contribution in [0.3, 0.4) is 0 Å². The highest BCUT2D eigenvalue weighted by atomic mass is 19.1. The van der Waals surface area contributed by atoms with Crippen LogP contribution in [0.15, 0.2) is 42.6 Å². The Morgan fingerprint density at radius 1 is 1.12 bits per heavy atom. The number of nitrogens with one attached hydrogen (secondary N) is 1. The number of amides is 1. The van der Waals surface area contributed by atoms with E-state index in [1.54, 1.807) is 36.5 Å². The molecule has 3 rings (SSSR count). The average molecular weight is 327 g/mol. The molecule has 0 bridgehead atoms. The molecule has 1 aliphatic heterocycles. The average Bonchev–Trinajstić information content (AvgIpc) is 2.90. The third-order valence-electron chi connectivity index (χ3n) is 4.31. The molecule has 0 spiro atoms. The third kappa shape index (κ3) is 4.10. The summed E-state index contributed by atoms with van der Waals surface area (Å²) in [7, 11) is 0. The van der Waals surface area contributed by atoms with Gasteiger partial charge in [-0.2, -0.15) is 0 Å². The molecule has 1 fully saturated rings. The molecule has 24 heavy (non-hydrogen) atoms. The summed E-state index contributed by atoms with van der Waals surface area (Å²) < 4.78 is 13.7. The lowest BCUT2D eigenvalue weighted by molar-refractivity contribution is 0.0756. The standard InChI is InChI=1S/C19H22FN3O/c20-17-8-4-3-7-15(17)14-22-16-9-10-21-18(13-16)19(24)23-11-5-1-2-6-12-23/h3-4,7-10,13H,1-2,5-6,11-12,14H2,(H,21,22). The van der Waals surface area contributed by atoms with E-state index < -0.39 is 0 Å². The zero-order valence-corrected chi connectivity index (χ0v) is 13.7. The smallest absolute Gasteiger partial charge is 0.272 e. The monoisotopic (exact) mass is 327 g/mol. The fraction of sp³-hybridized carbons (Fsp3) is 0.368. The van der Waals surface area contributed by atoms with Crippen LogP contribution < -0.4 is 5.32 Å². The maximum atomic E-state index is 13.7. The van der Waals surface area contributed by atoms with Gasteiger partial charge in [-0.1, -0.05) is 31.0 Å². The van der Waals surface area contributed by atoms with E-state index in [4.69, 9.17) is 0 Å². The van der Waals surface area contributed by atoms with Gasteiger partial charge in [-0.05, 0) is 31.0 Å². The van der Waals surface area contributed by atoms with E-state index in [0.717, 1.165) is 31.6 Å². The van der Waals surface area contributed by atoms with E-state index >= 15 is 0 Å². The highest BCUT2D eigenvalue weighted by molar-refractivity contribution is 5.93. The molecule has 4 nitrogen and oxygen atoms in total. The molecule has 0 saturated carbocycles. The van der Waals surface area contributed by atoms with E-state index in [1.165, 1.54) is 18.9 Å². The summed E-state index contributed by atoms with van der Waals surface area (Å²) in [6.45, 7) is 1.97. The first-order chi connectivity index (χ1) is 11.7. The van der Waals surface area contributed by atoms with Crippen LogP contribution in [0.1, 0.15) is 41.7 Å². The minimum absolute atomic E-state index is 0.0218. The van der Waals surface area contributed by atoms with Crippen LogP contribution in [0, 0.1) is 5.82 Å². The van der Waals surface area contributed by atoms with E-state index in [1.807, 2.05) is 4.90 Å². The van der Waals surface area contributed by atoms with E-state index in [0.29, 0.717) is 17.8 Å². The number of likely N-dealkylation sites (tertiary alicyclic amines) is 1. The van der Waals surface area contributed by atoms with E-state index in [2.05, 4.69) is 10.3 Å². The number of pyridine rings is 1. The summed E-state index contributed by atoms with van der Waals surface area (Å²) in [5.74, 6) is -0.258. The first kappa shape index (κ1) is 16.4. The Morgan fingerprint density at radius 3 is 2.62 bits per heavy atom. The van der Waals surface area contributed by atoms with Gasteiger partial charge in [-0.3, -0.25) is 9.78 Å². The Labute approximate surface area is 141 Å². The number of anilines is 1. The van der Waals surface area contributed by atoms with Gasteiger partial charge >= 0.3 is 0 Å². The number of nitrogens with zero attached hydrogens (tertiary/aromatic N) is 2. The fourth-order valence-electron chi connectivity index (χ4n) is 2.93. The zero-order valence-electron chi connectivity index (χ0n) is 13.7. The molecule has 1 aromatic heterocycles. The number of carbonyl (C=O) groups excluding carboxylic acids is 1. The van der Waals surface area contributed by atoms with Gasteiger partial charge in [-0.25, -0.2) is 4.39 Å². The van der Waals surface area contributed by atoms with Crippen molar-refractivity contribution >= 4 is 11.6 Å². The molecule has 1 amide bonds. The molecule has 2 aromatic rings. The van der Waals surface area contributed by atoms with Gasteiger partial charge in [0.2, 0.25) is 0 Å².